The van der Waals surface area contributed by atoms with Gasteiger partial charge in [0.2, 0.25) is 11.8 Å². The number of carbonyl (C=O) groups is 2. The summed E-state index contributed by atoms with van der Waals surface area (Å²) in [4.78, 5) is 24.8. The lowest BCUT2D eigenvalue weighted by molar-refractivity contribution is -0.129. The number of halogens is 1. The summed E-state index contributed by atoms with van der Waals surface area (Å²) in [5.74, 6) is 0.268. The molecule has 1 saturated carbocycles. The highest BCUT2D eigenvalue weighted by atomic mass is 35.5. The van der Waals surface area contributed by atoms with Crippen LogP contribution in [0.15, 0.2) is 0 Å². The molecule has 6 heteroatoms. The molecule has 112 valence electrons. The molecule has 0 heterocycles. The summed E-state index contributed by atoms with van der Waals surface area (Å²) in [6.07, 6.45) is 4.98. The van der Waals surface area contributed by atoms with Gasteiger partial charge in [-0.25, -0.2) is 0 Å². The van der Waals surface area contributed by atoms with Gasteiger partial charge in [0.1, 0.15) is 0 Å². The van der Waals surface area contributed by atoms with Gasteiger partial charge in [0, 0.05) is 39.0 Å². The molecule has 1 fully saturated rings. The van der Waals surface area contributed by atoms with Crippen molar-refractivity contribution < 1.29 is 9.59 Å². The smallest absolute Gasteiger partial charge is 0.223 e. The summed E-state index contributed by atoms with van der Waals surface area (Å²) in [6.45, 7) is 0.574. The number of nitrogens with one attached hydrogen (secondary N) is 1. The van der Waals surface area contributed by atoms with Crippen LogP contribution in [0.5, 0.6) is 0 Å². The molecule has 2 unspecified atom stereocenters. The quantitative estimate of drug-likeness (QED) is 0.739. The zero-order valence-corrected chi connectivity index (χ0v) is 12.7. The Morgan fingerprint density at radius 2 is 2.00 bits per heavy atom. The summed E-state index contributed by atoms with van der Waals surface area (Å²) in [5, 5.41) is 2.90. The average molecular weight is 292 g/mol. The number of nitrogens with zero attached hydrogens (tertiary/aromatic N) is 1. The fraction of sp³-hybridized carbons (Fsp3) is 0.846. The number of carbonyl (C=O) groups excluding carboxylic acids is 2. The summed E-state index contributed by atoms with van der Waals surface area (Å²) in [6, 6.07) is 0.171. The Hall–Kier alpha value is -0.810. The van der Waals surface area contributed by atoms with Gasteiger partial charge in [-0.15, -0.1) is 12.4 Å². The van der Waals surface area contributed by atoms with Crippen molar-refractivity contribution in [3.8, 4) is 0 Å². The van der Waals surface area contributed by atoms with Crippen molar-refractivity contribution in [3.63, 3.8) is 0 Å². The van der Waals surface area contributed by atoms with Crippen molar-refractivity contribution >= 4 is 24.2 Å². The lowest BCUT2D eigenvalue weighted by atomic mass is 9.85. The minimum Gasteiger partial charge on any atom is -0.356 e. The molecule has 19 heavy (non-hydrogen) atoms. The van der Waals surface area contributed by atoms with E-state index in [0.29, 0.717) is 19.4 Å². The molecule has 0 aromatic rings. The van der Waals surface area contributed by atoms with Crippen molar-refractivity contribution in [2.45, 2.75) is 44.6 Å². The summed E-state index contributed by atoms with van der Waals surface area (Å²) < 4.78 is 0. The Bertz CT molecular complexity index is 298. The first-order valence-electron chi connectivity index (χ1n) is 6.74. The SMILES string of the molecule is CN(C)C(=O)CCCNC(=O)C1CCCC(N)C1.Cl. The van der Waals surface area contributed by atoms with E-state index >= 15 is 0 Å². The van der Waals surface area contributed by atoms with E-state index in [-0.39, 0.29) is 36.2 Å². The minimum atomic E-state index is 0. The number of hydrogen-bond acceptors (Lipinski definition) is 3. The van der Waals surface area contributed by atoms with Gasteiger partial charge >= 0.3 is 0 Å². The van der Waals surface area contributed by atoms with Gasteiger partial charge in [0.25, 0.3) is 0 Å². The number of nitrogens with two attached hydrogens (primary N) is 1. The molecule has 0 radical (unpaired) electrons. The second-order valence-electron chi connectivity index (χ2n) is 5.31. The van der Waals surface area contributed by atoms with E-state index < -0.39 is 0 Å². The predicted molar refractivity (Wildman–Crippen MR) is 78.1 cm³/mol. The van der Waals surface area contributed by atoms with Crippen molar-refractivity contribution in [3.05, 3.63) is 0 Å². The van der Waals surface area contributed by atoms with Gasteiger partial charge in [0.05, 0.1) is 0 Å². The zero-order valence-electron chi connectivity index (χ0n) is 11.9. The van der Waals surface area contributed by atoms with Gasteiger partial charge in [0.15, 0.2) is 0 Å². The van der Waals surface area contributed by atoms with Crippen LogP contribution in [0.1, 0.15) is 38.5 Å². The Morgan fingerprint density at radius 3 is 2.58 bits per heavy atom. The number of amides is 2. The Labute approximate surface area is 121 Å². The molecule has 0 bridgehead atoms. The maximum Gasteiger partial charge on any atom is 0.223 e. The molecule has 2 atom stereocenters. The third kappa shape index (κ3) is 6.78. The van der Waals surface area contributed by atoms with Crippen LogP contribution >= 0.6 is 12.4 Å². The van der Waals surface area contributed by atoms with Crippen LogP contribution in [-0.4, -0.2) is 43.4 Å². The van der Waals surface area contributed by atoms with Crippen LogP contribution in [0.2, 0.25) is 0 Å². The van der Waals surface area contributed by atoms with E-state index in [9.17, 15) is 9.59 Å². The molecule has 2 amide bonds. The van der Waals surface area contributed by atoms with E-state index in [1.807, 2.05) is 0 Å². The Kier molecular flexibility index (Phi) is 8.76. The van der Waals surface area contributed by atoms with Gasteiger partial charge in [-0.2, -0.15) is 0 Å². The average Bonchev–Trinajstić information content (AvgIpc) is 2.33. The van der Waals surface area contributed by atoms with E-state index in [2.05, 4.69) is 5.32 Å². The van der Waals surface area contributed by atoms with E-state index in [1.165, 1.54) is 0 Å². The molecule has 5 nitrogen and oxygen atoms in total. The number of rotatable bonds is 5. The van der Waals surface area contributed by atoms with Crippen LogP contribution in [0.25, 0.3) is 0 Å². The van der Waals surface area contributed by atoms with E-state index in [4.69, 9.17) is 5.73 Å². The molecular formula is C13H26ClN3O2. The fourth-order valence-corrected chi connectivity index (χ4v) is 2.28. The summed E-state index contributed by atoms with van der Waals surface area (Å²) >= 11 is 0. The minimum absolute atomic E-state index is 0. The normalized spacial score (nSPS) is 22.3. The molecule has 0 saturated heterocycles. The molecule has 1 rings (SSSR count). The van der Waals surface area contributed by atoms with Gasteiger partial charge < -0.3 is 16.0 Å². The van der Waals surface area contributed by atoms with Crippen LogP contribution in [0, 0.1) is 5.92 Å². The standard InChI is InChI=1S/C13H25N3O2.ClH/c1-16(2)12(17)7-4-8-15-13(18)10-5-3-6-11(14)9-10;/h10-11H,3-9,14H2,1-2H3,(H,15,18);1H. The highest BCUT2D eigenvalue weighted by Gasteiger charge is 2.24. The van der Waals surface area contributed by atoms with Crippen LogP contribution in [0.3, 0.4) is 0 Å². The van der Waals surface area contributed by atoms with Gasteiger partial charge in [-0.3, -0.25) is 9.59 Å². The van der Waals surface area contributed by atoms with Gasteiger partial charge in [-0.1, -0.05) is 6.42 Å². The van der Waals surface area contributed by atoms with E-state index in [0.717, 1.165) is 25.7 Å². The highest BCUT2D eigenvalue weighted by Crippen LogP contribution is 2.22. The Balaban J connectivity index is 0.00000324. The molecule has 1 aliphatic rings. The first-order valence-corrected chi connectivity index (χ1v) is 6.74. The maximum atomic E-state index is 11.9. The summed E-state index contributed by atoms with van der Waals surface area (Å²) in [7, 11) is 3.48. The van der Waals surface area contributed by atoms with Crippen LogP contribution in [-0.2, 0) is 9.59 Å². The van der Waals surface area contributed by atoms with Crippen molar-refractivity contribution in [2.24, 2.45) is 11.7 Å². The van der Waals surface area contributed by atoms with E-state index in [1.54, 1.807) is 19.0 Å². The van der Waals surface area contributed by atoms with Crippen molar-refractivity contribution in [1.29, 1.82) is 0 Å². The van der Waals surface area contributed by atoms with Gasteiger partial charge in [-0.05, 0) is 25.7 Å². The second kappa shape index (κ2) is 9.15. The highest BCUT2D eigenvalue weighted by molar-refractivity contribution is 5.85. The molecule has 3 N–H and O–H groups in total. The lowest BCUT2D eigenvalue weighted by Crippen LogP contribution is -2.38. The molecule has 0 spiro atoms. The fourth-order valence-electron chi connectivity index (χ4n) is 2.28. The third-order valence-electron chi connectivity index (χ3n) is 3.45. The topological polar surface area (TPSA) is 75.4 Å². The van der Waals surface area contributed by atoms with Crippen LogP contribution in [0.4, 0.5) is 0 Å². The summed E-state index contributed by atoms with van der Waals surface area (Å²) in [5.41, 5.74) is 5.86. The van der Waals surface area contributed by atoms with Crippen molar-refractivity contribution in [2.75, 3.05) is 20.6 Å². The van der Waals surface area contributed by atoms with Crippen molar-refractivity contribution in [1.82, 2.24) is 10.2 Å². The predicted octanol–water partition coefficient (Wildman–Crippen LogP) is 0.910. The number of hydrogen-bond donors (Lipinski definition) is 2. The monoisotopic (exact) mass is 291 g/mol. The largest absolute Gasteiger partial charge is 0.356 e. The molecular weight excluding hydrogens is 266 g/mol. The zero-order chi connectivity index (χ0) is 13.5. The van der Waals surface area contributed by atoms with Crippen LogP contribution < -0.4 is 11.1 Å². The second-order valence-corrected chi connectivity index (χ2v) is 5.31. The Morgan fingerprint density at radius 1 is 1.32 bits per heavy atom. The third-order valence-corrected chi connectivity index (χ3v) is 3.45. The molecule has 0 aliphatic heterocycles. The molecule has 1 aliphatic carbocycles. The molecule has 0 aromatic heterocycles. The lowest BCUT2D eigenvalue weighted by Gasteiger charge is -2.25. The maximum absolute atomic E-state index is 11.9. The first kappa shape index (κ1) is 18.2. The first-order chi connectivity index (χ1) is 8.50. The molecule has 0 aromatic carbocycles.